The fraction of sp³-hybridized carbons (Fsp3) is 0.316. The third-order valence-electron chi connectivity index (χ3n) is 3.91. The normalized spacial score (nSPS) is 14.3. The van der Waals surface area contributed by atoms with Crippen LogP contribution in [-0.2, 0) is 27.5 Å². The maximum atomic E-state index is 13.0. The molecule has 3 nitrogen and oxygen atoms in total. The zero-order valence-corrected chi connectivity index (χ0v) is 14.8. The Morgan fingerprint density at radius 1 is 0.857 bits per heavy atom. The van der Waals surface area contributed by atoms with E-state index in [0.717, 1.165) is 42.5 Å². The van der Waals surface area contributed by atoms with Gasteiger partial charge in [-0.25, -0.2) is 4.79 Å². The number of carbonyl (C=O) groups is 1. The molecule has 9 heteroatoms. The van der Waals surface area contributed by atoms with Crippen molar-refractivity contribution in [3.8, 4) is 5.75 Å². The lowest BCUT2D eigenvalue weighted by molar-refractivity contribution is -0.161. The lowest BCUT2D eigenvalue weighted by atomic mass is 9.93. The molecule has 0 radical (unpaired) electrons. The van der Waals surface area contributed by atoms with E-state index < -0.39 is 35.0 Å². The van der Waals surface area contributed by atoms with Crippen LogP contribution in [0, 0.1) is 0 Å². The number of esters is 1. The lowest BCUT2D eigenvalue weighted by Gasteiger charge is -2.29. The molecule has 0 heterocycles. The van der Waals surface area contributed by atoms with Gasteiger partial charge in [-0.3, -0.25) is 0 Å². The van der Waals surface area contributed by atoms with Gasteiger partial charge in [-0.15, -0.1) is 0 Å². The molecule has 2 aromatic rings. The molecule has 152 valence electrons. The Labute approximate surface area is 156 Å². The van der Waals surface area contributed by atoms with Crippen molar-refractivity contribution in [3.05, 3.63) is 65.2 Å². The van der Waals surface area contributed by atoms with Crippen LogP contribution in [0.5, 0.6) is 5.75 Å². The Hall–Kier alpha value is -2.71. The Morgan fingerprint density at radius 3 is 1.89 bits per heavy atom. The van der Waals surface area contributed by atoms with Crippen molar-refractivity contribution < 1.29 is 40.6 Å². The Bertz CT molecular complexity index is 827. The monoisotopic (exact) mass is 406 g/mol. The molecular weight excluding hydrogens is 390 g/mol. The van der Waals surface area contributed by atoms with Gasteiger partial charge in [0.05, 0.1) is 17.7 Å². The number of halogens is 6. The minimum atomic E-state index is -4.65. The molecule has 0 fully saturated rings. The molecule has 0 aliphatic rings. The number of ether oxygens (including phenoxy) is 2. The van der Waals surface area contributed by atoms with E-state index in [-0.39, 0.29) is 17.9 Å². The molecular formula is C19H16F6O3. The molecule has 1 atom stereocenters. The molecule has 0 aromatic heterocycles. The summed E-state index contributed by atoms with van der Waals surface area (Å²) in [6.45, 7) is 2.63. The van der Waals surface area contributed by atoms with Crippen LogP contribution in [-0.4, -0.2) is 12.6 Å². The van der Waals surface area contributed by atoms with Gasteiger partial charge < -0.3 is 9.47 Å². The second-order valence-electron chi connectivity index (χ2n) is 5.96. The standard InChI is InChI=1S/C19H16F6O3/c1-3-27-16(26)17(2,13-5-4-6-14(11-13)19(23,24)25)28-15-9-7-12(8-10-15)18(20,21)22/h4-11H,3H2,1-2H3. The van der Waals surface area contributed by atoms with E-state index in [2.05, 4.69) is 0 Å². The Kier molecular flexibility index (Phi) is 5.96. The molecule has 0 saturated heterocycles. The fourth-order valence-electron chi connectivity index (χ4n) is 2.43. The summed E-state index contributed by atoms with van der Waals surface area (Å²) in [7, 11) is 0. The summed E-state index contributed by atoms with van der Waals surface area (Å²) in [5.41, 5.74) is -4.09. The molecule has 0 aliphatic heterocycles. The number of hydrogen-bond donors (Lipinski definition) is 0. The molecule has 2 rings (SSSR count). The van der Waals surface area contributed by atoms with Crippen molar-refractivity contribution in [1.29, 1.82) is 0 Å². The van der Waals surface area contributed by atoms with Gasteiger partial charge in [-0.1, -0.05) is 12.1 Å². The molecule has 0 aliphatic carbocycles. The van der Waals surface area contributed by atoms with E-state index in [1.165, 1.54) is 19.9 Å². The second kappa shape index (κ2) is 7.73. The van der Waals surface area contributed by atoms with Crippen molar-refractivity contribution in [2.75, 3.05) is 6.61 Å². The largest absolute Gasteiger partial charge is 0.471 e. The van der Waals surface area contributed by atoms with Gasteiger partial charge in [0, 0.05) is 5.56 Å². The van der Waals surface area contributed by atoms with Crippen molar-refractivity contribution in [3.63, 3.8) is 0 Å². The van der Waals surface area contributed by atoms with Gasteiger partial charge in [-0.05, 0) is 50.2 Å². The van der Waals surface area contributed by atoms with Crippen LogP contribution in [0.3, 0.4) is 0 Å². The Morgan fingerprint density at radius 2 is 1.39 bits per heavy atom. The molecule has 0 saturated carbocycles. The highest BCUT2D eigenvalue weighted by atomic mass is 19.4. The highest BCUT2D eigenvalue weighted by Gasteiger charge is 2.41. The van der Waals surface area contributed by atoms with Gasteiger partial charge >= 0.3 is 18.3 Å². The average molecular weight is 406 g/mol. The van der Waals surface area contributed by atoms with Gasteiger partial charge in [0.1, 0.15) is 5.75 Å². The summed E-state index contributed by atoms with van der Waals surface area (Å²) in [4.78, 5) is 12.4. The van der Waals surface area contributed by atoms with E-state index in [1.54, 1.807) is 0 Å². The molecule has 2 aromatic carbocycles. The van der Waals surface area contributed by atoms with Crippen molar-refractivity contribution in [2.24, 2.45) is 0 Å². The number of rotatable bonds is 5. The third-order valence-corrected chi connectivity index (χ3v) is 3.91. The minimum Gasteiger partial charge on any atom is -0.471 e. The predicted molar refractivity (Wildman–Crippen MR) is 87.5 cm³/mol. The van der Waals surface area contributed by atoms with Crippen LogP contribution in [0.1, 0.15) is 30.5 Å². The van der Waals surface area contributed by atoms with Crippen LogP contribution >= 0.6 is 0 Å². The van der Waals surface area contributed by atoms with E-state index in [4.69, 9.17) is 9.47 Å². The summed E-state index contributed by atoms with van der Waals surface area (Å²) < 4.78 is 87.6. The van der Waals surface area contributed by atoms with Crippen LogP contribution < -0.4 is 4.74 Å². The second-order valence-corrected chi connectivity index (χ2v) is 5.96. The first kappa shape index (κ1) is 21.6. The third kappa shape index (κ3) is 4.76. The van der Waals surface area contributed by atoms with Gasteiger partial charge in [0.25, 0.3) is 0 Å². The number of carbonyl (C=O) groups excluding carboxylic acids is 1. The summed E-state index contributed by atoms with van der Waals surface area (Å²) in [6.07, 6.45) is -9.22. The zero-order valence-electron chi connectivity index (χ0n) is 14.8. The predicted octanol–water partition coefficient (Wildman–Crippen LogP) is 5.58. The average Bonchev–Trinajstić information content (AvgIpc) is 2.61. The Balaban J connectivity index is 2.46. The van der Waals surface area contributed by atoms with Crippen molar-refractivity contribution >= 4 is 5.97 Å². The van der Waals surface area contributed by atoms with Crippen molar-refractivity contribution in [1.82, 2.24) is 0 Å². The first-order chi connectivity index (χ1) is 12.9. The SMILES string of the molecule is CCOC(=O)C(C)(Oc1ccc(C(F)(F)F)cc1)c1cccc(C(F)(F)F)c1. The number of alkyl halides is 6. The number of benzene rings is 2. The van der Waals surface area contributed by atoms with Gasteiger partial charge in [0.2, 0.25) is 5.60 Å². The summed E-state index contributed by atoms with van der Waals surface area (Å²) in [5.74, 6) is -1.12. The smallest absolute Gasteiger partial charge is 0.416 e. The maximum Gasteiger partial charge on any atom is 0.416 e. The van der Waals surface area contributed by atoms with E-state index in [9.17, 15) is 31.1 Å². The fourth-order valence-corrected chi connectivity index (χ4v) is 2.43. The minimum absolute atomic E-state index is 0.0657. The van der Waals surface area contributed by atoms with Crippen molar-refractivity contribution in [2.45, 2.75) is 31.8 Å². The van der Waals surface area contributed by atoms with Crippen LogP contribution in [0.15, 0.2) is 48.5 Å². The summed E-state index contributed by atoms with van der Waals surface area (Å²) in [5, 5.41) is 0. The molecule has 1 unspecified atom stereocenters. The summed E-state index contributed by atoms with van der Waals surface area (Å²) in [6, 6.07) is 7.36. The van der Waals surface area contributed by atoms with E-state index in [0.29, 0.717) is 0 Å². The molecule has 28 heavy (non-hydrogen) atoms. The zero-order chi connectivity index (χ0) is 21.2. The molecule has 0 amide bonds. The first-order valence-corrected chi connectivity index (χ1v) is 8.09. The van der Waals surface area contributed by atoms with Crippen LogP contribution in [0.4, 0.5) is 26.3 Å². The van der Waals surface area contributed by atoms with Gasteiger partial charge in [0.15, 0.2) is 0 Å². The summed E-state index contributed by atoms with van der Waals surface area (Å²) >= 11 is 0. The van der Waals surface area contributed by atoms with E-state index >= 15 is 0 Å². The molecule has 0 spiro atoms. The van der Waals surface area contributed by atoms with Gasteiger partial charge in [-0.2, -0.15) is 26.3 Å². The first-order valence-electron chi connectivity index (χ1n) is 8.09. The van der Waals surface area contributed by atoms with Crippen LogP contribution in [0.25, 0.3) is 0 Å². The van der Waals surface area contributed by atoms with Crippen LogP contribution in [0.2, 0.25) is 0 Å². The highest BCUT2D eigenvalue weighted by molar-refractivity contribution is 5.81. The van der Waals surface area contributed by atoms with E-state index in [1.807, 2.05) is 0 Å². The quantitative estimate of drug-likeness (QED) is 0.480. The highest BCUT2D eigenvalue weighted by Crippen LogP contribution is 2.36. The molecule has 0 bridgehead atoms. The number of hydrogen-bond acceptors (Lipinski definition) is 3. The topological polar surface area (TPSA) is 35.5 Å². The maximum absolute atomic E-state index is 13.0. The lowest BCUT2D eigenvalue weighted by Crippen LogP contribution is -2.40. The molecule has 0 N–H and O–H groups in total.